The molecule has 0 aliphatic carbocycles. The van der Waals surface area contributed by atoms with Gasteiger partial charge in [0.2, 0.25) is 0 Å². The van der Waals surface area contributed by atoms with Crippen molar-refractivity contribution in [1.29, 1.82) is 0 Å². The highest BCUT2D eigenvalue weighted by Crippen LogP contribution is 2.31. The first-order valence-corrected chi connectivity index (χ1v) is 8.88. The molecule has 2 aromatic carbocycles. The maximum atomic E-state index is 13.0. The van der Waals surface area contributed by atoms with E-state index in [1.807, 2.05) is 0 Å². The molecule has 2 aromatic rings. The van der Waals surface area contributed by atoms with E-state index in [1.54, 1.807) is 50.4 Å². The van der Waals surface area contributed by atoms with Gasteiger partial charge in [-0.05, 0) is 42.8 Å². The van der Waals surface area contributed by atoms with Crippen LogP contribution < -0.4 is 19.5 Å². The van der Waals surface area contributed by atoms with E-state index in [0.717, 1.165) is 4.90 Å². The zero-order chi connectivity index (χ0) is 21.2. The van der Waals surface area contributed by atoms with E-state index in [9.17, 15) is 14.4 Å². The zero-order valence-corrected chi connectivity index (χ0v) is 16.6. The molecule has 0 aromatic heterocycles. The summed E-state index contributed by atoms with van der Waals surface area (Å²) < 4.78 is 15.5. The van der Waals surface area contributed by atoms with Gasteiger partial charge >= 0.3 is 6.03 Å². The lowest BCUT2D eigenvalue weighted by Gasteiger charge is -2.22. The summed E-state index contributed by atoms with van der Waals surface area (Å²) in [7, 11) is 4.50. The number of methoxy groups -OCH3 is 3. The third-order valence-electron chi connectivity index (χ3n) is 4.95. The molecular formula is C21H22N2O6. The fourth-order valence-electron chi connectivity index (χ4n) is 3.21. The Morgan fingerprint density at radius 2 is 1.62 bits per heavy atom. The number of Topliss-reactive ketones (excluding diaryl/α,β-unsaturated/α-hetero) is 1. The van der Waals surface area contributed by atoms with E-state index < -0.39 is 23.3 Å². The lowest BCUT2D eigenvalue weighted by Crippen LogP contribution is -2.41. The first-order chi connectivity index (χ1) is 13.8. The van der Waals surface area contributed by atoms with Gasteiger partial charge in [0.15, 0.2) is 17.3 Å². The van der Waals surface area contributed by atoms with Crippen LogP contribution in [0.15, 0.2) is 42.5 Å². The molecule has 29 heavy (non-hydrogen) atoms. The minimum absolute atomic E-state index is 0.307. The molecule has 1 N–H and O–H groups in total. The molecule has 1 aliphatic rings. The molecule has 3 rings (SSSR count). The average Bonchev–Trinajstić information content (AvgIpc) is 2.97. The highest BCUT2D eigenvalue weighted by atomic mass is 16.5. The van der Waals surface area contributed by atoms with Gasteiger partial charge in [0.25, 0.3) is 5.91 Å². The van der Waals surface area contributed by atoms with Gasteiger partial charge in [0.1, 0.15) is 11.3 Å². The molecule has 1 fully saturated rings. The molecule has 8 nitrogen and oxygen atoms in total. The second-order valence-electron chi connectivity index (χ2n) is 6.67. The van der Waals surface area contributed by atoms with Crippen LogP contribution in [0, 0.1) is 0 Å². The standard InChI is InChI=1S/C21H22N2O6/c1-21(14-6-8-15(27-2)9-7-14)19(25)23(20(26)22-21)12-16(24)13-5-10-17(28-3)18(11-13)29-4/h5-11H,12H2,1-4H3,(H,22,26). The smallest absolute Gasteiger partial charge is 0.325 e. The van der Waals surface area contributed by atoms with Crippen LogP contribution in [0.5, 0.6) is 17.2 Å². The molecule has 8 heteroatoms. The number of hydrogen-bond donors (Lipinski definition) is 1. The molecule has 1 unspecified atom stereocenters. The highest BCUT2D eigenvalue weighted by molar-refractivity contribution is 6.11. The summed E-state index contributed by atoms with van der Waals surface area (Å²) >= 11 is 0. The van der Waals surface area contributed by atoms with Crippen molar-refractivity contribution >= 4 is 17.7 Å². The number of nitrogens with one attached hydrogen (secondary N) is 1. The van der Waals surface area contributed by atoms with Crippen LogP contribution in [-0.2, 0) is 10.3 Å². The van der Waals surface area contributed by atoms with Crippen LogP contribution >= 0.6 is 0 Å². The second-order valence-corrected chi connectivity index (χ2v) is 6.67. The third kappa shape index (κ3) is 3.61. The number of urea groups is 1. The Morgan fingerprint density at radius 3 is 2.21 bits per heavy atom. The Labute approximate surface area is 168 Å². The number of benzene rings is 2. The van der Waals surface area contributed by atoms with Crippen LogP contribution in [0.25, 0.3) is 0 Å². The van der Waals surface area contributed by atoms with Crippen molar-refractivity contribution in [3.05, 3.63) is 53.6 Å². The van der Waals surface area contributed by atoms with Gasteiger partial charge < -0.3 is 19.5 Å². The fourth-order valence-corrected chi connectivity index (χ4v) is 3.21. The Hall–Kier alpha value is -3.55. The number of nitrogens with zero attached hydrogens (tertiary/aromatic N) is 1. The third-order valence-corrected chi connectivity index (χ3v) is 4.95. The summed E-state index contributed by atoms with van der Waals surface area (Å²) in [6.45, 7) is 1.22. The second kappa shape index (κ2) is 7.83. The number of carbonyl (C=O) groups excluding carboxylic acids is 3. The Kier molecular flexibility index (Phi) is 5.45. The van der Waals surface area contributed by atoms with E-state index >= 15 is 0 Å². The lowest BCUT2D eigenvalue weighted by atomic mass is 9.92. The van der Waals surface area contributed by atoms with Crippen molar-refractivity contribution in [2.45, 2.75) is 12.5 Å². The molecular weight excluding hydrogens is 376 g/mol. The molecule has 3 amide bonds. The number of hydrogen-bond acceptors (Lipinski definition) is 6. The van der Waals surface area contributed by atoms with Gasteiger partial charge in [-0.1, -0.05) is 12.1 Å². The number of ketones is 1. The monoisotopic (exact) mass is 398 g/mol. The predicted molar refractivity (Wildman–Crippen MR) is 104 cm³/mol. The topological polar surface area (TPSA) is 94.2 Å². The van der Waals surface area contributed by atoms with E-state index in [-0.39, 0.29) is 6.54 Å². The molecule has 0 saturated carbocycles. The number of carbonyl (C=O) groups is 3. The van der Waals surface area contributed by atoms with Crippen molar-refractivity contribution in [2.75, 3.05) is 27.9 Å². The minimum atomic E-state index is -1.26. The Morgan fingerprint density at radius 1 is 0.966 bits per heavy atom. The minimum Gasteiger partial charge on any atom is -0.497 e. The normalized spacial score (nSPS) is 18.4. The SMILES string of the molecule is COc1ccc(C2(C)NC(=O)N(CC(=O)c3ccc(OC)c(OC)c3)C2=O)cc1. The van der Waals surface area contributed by atoms with Crippen molar-refractivity contribution in [3.8, 4) is 17.2 Å². The largest absolute Gasteiger partial charge is 0.497 e. The highest BCUT2D eigenvalue weighted by Gasteiger charge is 2.49. The average molecular weight is 398 g/mol. The van der Waals surface area contributed by atoms with E-state index in [0.29, 0.717) is 28.4 Å². The molecule has 0 spiro atoms. The van der Waals surface area contributed by atoms with E-state index in [2.05, 4.69) is 5.32 Å². The summed E-state index contributed by atoms with van der Waals surface area (Å²) in [5.74, 6) is 0.606. The van der Waals surface area contributed by atoms with E-state index in [4.69, 9.17) is 14.2 Å². The number of amides is 3. The molecule has 0 bridgehead atoms. The lowest BCUT2D eigenvalue weighted by molar-refractivity contribution is -0.130. The Bertz CT molecular complexity index is 956. The molecule has 1 saturated heterocycles. The molecule has 1 aliphatic heterocycles. The van der Waals surface area contributed by atoms with Gasteiger partial charge in [0, 0.05) is 5.56 Å². The summed E-state index contributed by atoms with van der Waals surface area (Å²) in [6.07, 6.45) is 0. The maximum absolute atomic E-state index is 13.0. The van der Waals surface area contributed by atoms with Gasteiger partial charge in [-0.3, -0.25) is 14.5 Å². The van der Waals surface area contributed by atoms with Crippen molar-refractivity contribution < 1.29 is 28.6 Å². The van der Waals surface area contributed by atoms with Crippen LogP contribution in [0.2, 0.25) is 0 Å². The molecule has 1 heterocycles. The van der Waals surface area contributed by atoms with Crippen LogP contribution in [0.4, 0.5) is 4.79 Å². The first kappa shape index (κ1) is 20.2. The summed E-state index contributed by atoms with van der Waals surface area (Å²) in [5.41, 5.74) is -0.361. The van der Waals surface area contributed by atoms with Gasteiger partial charge in [-0.15, -0.1) is 0 Å². The molecule has 152 valence electrons. The van der Waals surface area contributed by atoms with Crippen LogP contribution in [0.3, 0.4) is 0 Å². The summed E-state index contributed by atoms with van der Waals surface area (Å²) in [4.78, 5) is 39.1. The van der Waals surface area contributed by atoms with Crippen molar-refractivity contribution in [2.24, 2.45) is 0 Å². The first-order valence-electron chi connectivity index (χ1n) is 8.88. The van der Waals surface area contributed by atoms with Gasteiger partial charge in [-0.2, -0.15) is 0 Å². The predicted octanol–water partition coefficient (Wildman–Crippen LogP) is 2.36. The van der Waals surface area contributed by atoms with Crippen LogP contribution in [-0.4, -0.2) is 50.5 Å². The summed E-state index contributed by atoms with van der Waals surface area (Å²) in [6, 6.07) is 10.9. The van der Waals surface area contributed by atoms with Crippen molar-refractivity contribution in [1.82, 2.24) is 10.2 Å². The number of rotatable bonds is 7. The van der Waals surface area contributed by atoms with Crippen LogP contribution in [0.1, 0.15) is 22.8 Å². The summed E-state index contributed by atoms with van der Waals surface area (Å²) in [5, 5.41) is 2.68. The fraction of sp³-hybridized carbons (Fsp3) is 0.286. The molecule has 1 atom stereocenters. The van der Waals surface area contributed by atoms with Gasteiger partial charge in [-0.25, -0.2) is 4.79 Å². The quantitative estimate of drug-likeness (QED) is 0.568. The number of ether oxygens (including phenoxy) is 3. The van der Waals surface area contributed by atoms with E-state index in [1.165, 1.54) is 20.3 Å². The molecule has 0 radical (unpaired) electrons. The van der Waals surface area contributed by atoms with Gasteiger partial charge in [0.05, 0.1) is 27.9 Å². The number of imide groups is 1. The van der Waals surface area contributed by atoms with Crippen molar-refractivity contribution in [3.63, 3.8) is 0 Å². The maximum Gasteiger partial charge on any atom is 0.325 e. The Balaban J connectivity index is 1.82. The zero-order valence-electron chi connectivity index (χ0n) is 16.6.